The Hall–Kier alpha value is -0.560. The van der Waals surface area contributed by atoms with Crippen molar-refractivity contribution in [2.45, 2.75) is 82.4 Å². The summed E-state index contributed by atoms with van der Waals surface area (Å²) in [5.41, 5.74) is 1.44. The summed E-state index contributed by atoms with van der Waals surface area (Å²) in [4.78, 5) is 0.951. The second kappa shape index (κ2) is 11.3. The molecule has 0 amide bonds. The van der Waals surface area contributed by atoms with Crippen molar-refractivity contribution < 1.29 is 0 Å². The van der Waals surface area contributed by atoms with Gasteiger partial charge >= 0.3 is 0 Å². The van der Waals surface area contributed by atoms with Gasteiger partial charge in [0, 0.05) is 4.90 Å². The smallest absolute Gasteiger partial charge is 0.0377 e. The van der Waals surface area contributed by atoms with Crippen molar-refractivity contribution >= 4 is 12.6 Å². The third-order valence-corrected chi connectivity index (χ3v) is 4.01. The Morgan fingerprint density at radius 3 is 1.68 bits per heavy atom. The number of hydrogen-bond acceptors (Lipinski definition) is 0. The lowest BCUT2D eigenvalue weighted by Gasteiger charge is -2.03. The molecule has 107 valence electrons. The summed E-state index contributed by atoms with van der Waals surface area (Å²) in [5, 5.41) is 0. The van der Waals surface area contributed by atoms with Crippen molar-refractivity contribution in [3.05, 3.63) is 29.8 Å². The maximum atomic E-state index is 5.09. The standard InChI is InChI=1S/C18H29S/c1-2-3-4-5-6-7-8-9-10-11-12-17-13-15-18(19)16-14-17/h13-16H,2-12H2,1H3. The lowest BCUT2D eigenvalue weighted by molar-refractivity contribution is 0.556. The summed E-state index contributed by atoms with van der Waals surface area (Å²) < 4.78 is 0. The van der Waals surface area contributed by atoms with Crippen LogP contribution < -0.4 is 0 Å². The van der Waals surface area contributed by atoms with E-state index in [0.29, 0.717) is 0 Å². The van der Waals surface area contributed by atoms with Gasteiger partial charge in [-0.3, -0.25) is 0 Å². The van der Waals surface area contributed by atoms with Gasteiger partial charge in [-0.25, -0.2) is 0 Å². The molecule has 0 fully saturated rings. The highest BCUT2D eigenvalue weighted by molar-refractivity contribution is 7.80. The van der Waals surface area contributed by atoms with E-state index in [-0.39, 0.29) is 0 Å². The number of aryl methyl sites for hydroxylation is 1. The topological polar surface area (TPSA) is 0 Å². The van der Waals surface area contributed by atoms with Crippen LogP contribution in [-0.2, 0) is 6.42 Å². The Morgan fingerprint density at radius 1 is 0.684 bits per heavy atom. The van der Waals surface area contributed by atoms with Crippen LogP contribution in [0.25, 0.3) is 0 Å². The van der Waals surface area contributed by atoms with Crippen LogP contribution in [0.3, 0.4) is 0 Å². The van der Waals surface area contributed by atoms with Gasteiger partial charge in [0.1, 0.15) is 0 Å². The van der Waals surface area contributed by atoms with Crippen molar-refractivity contribution in [3.8, 4) is 0 Å². The van der Waals surface area contributed by atoms with Crippen LogP contribution in [-0.4, -0.2) is 0 Å². The van der Waals surface area contributed by atoms with Crippen molar-refractivity contribution in [2.75, 3.05) is 0 Å². The molecule has 0 saturated heterocycles. The highest BCUT2D eigenvalue weighted by Gasteiger charge is 1.95. The molecule has 0 aromatic heterocycles. The second-order valence-electron chi connectivity index (χ2n) is 5.58. The fourth-order valence-corrected chi connectivity index (χ4v) is 2.61. The zero-order valence-corrected chi connectivity index (χ0v) is 13.3. The Morgan fingerprint density at radius 2 is 1.16 bits per heavy atom. The molecule has 0 aliphatic heterocycles. The largest absolute Gasteiger partial charge is 0.0801 e. The molecule has 0 atom stereocenters. The zero-order valence-electron chi connectivity index (χ0n) is 12.5. The van der Waals surface area contributed by atoms with Crippen LogP contribution in [0.1, 0.15) is 76.7 Å². The maximum Gasteiger partial charge on any atom is 0.0377 e. The molecule has 0 heterocycles. The van der Waals surface area contributed by atoms with E-state index in [4.69, 9.17) is 12.6 Å². The molecule has 0 spiro atoms. The fourth-order valence-electron chi connectivity index (χ4n) is 2.47. The molecule has 1 aromatic rings. The molecule has 19 heavy (non-hydrogen) atoms. The first-order valence-electron chi connectivity index (χ1n) is 8.09. The minimum atomic E-state index is 0.951. The minimum absolute atomic E-state index is 0.951. The highest BCUT2D eigenvalue weighted by atomic mass is 32.1. The van der Waals surface area contributed by atoms with Gasteiger partial charge in [0.2, 0.25) is 0 Å². The van der Waals surface area contributed by atoms with E-state index in [1.165, 1.54) is 76.2 Å². The average molecular weight is 277 g/mol. The first-order chi connectivity index (χ1) is 9.33. The molecule has 1 rings (SSSR count). The van der Waals surface area contributed by atoms with E-state index >= 15 is 0 Å². The SMILES string of the molecule is CCCCCCCCCCCCc1ccc([S])cc1. The molecule has 0 aliphatic rings. The van der Waals surface area contributed by atoms with Crippen LogP contribution in [0.4, 0.5) is 0 Å². The predicted octanol–water partition coefficient (Wildman–Crippen LogP) is 6.71. The third-order valence-electron chi connectivity index (χ3n) is 3.74. The van der Waals surface area contributed by atoms with E-state index in [1.54, 1.807) is 0 Å². The summed E-state index contributed by atoms with van der Waals surface area (Å²) in [6.07, 6.45) is 15.3. The Balaban J connectivity index is 1.87. The fraction of sp³-hybridized carbons (Fsp3) is 0.667. The summed E-state index contributed by atoms with van der Waals surface area (Å²) in [6, 6.07) is 8.44. The number of hydrogen-bond donors (Lipinski definition) is 0. The van der Waals surface area contributed by atoms with Crippen molar-refractivity contribution in [1.29, 1.82) is 0 Å². The molecule has 1 radical (unpaired) electrons. The van der Waals surface area contributed by atoms with Crippen LogP contribution in [0.2, 0.25) is 0 Å². The van der Waals surface area contributed by atoms with E-state index in [2.05, 4.69) is 19.1 Å². The van der Waals surface area contributed by atoms with E-state index in [0.717, 1.165) is 4.90 Å². The van der Waals surface area contributed by atoms with E-state index in [1.807, 2.05) is 12.1 Å². The quantitative estimate of drug-likeness (QED) is 0.394. The molecule has 0 unspecified atom stereocenters. The molecule has 0 N–H and O–H groups in total. The van der Waals surface area contributed by atoms with Gasteiger partial charge < -0.3 is 0 Å². The van der Waals surface area contributed by atoms with Gasteiger partial charge in [0.05, 0.1) is 0 Å². The second-order valence-corrected chi connectivity index (χ2v) is 6.05. The van der Waals surface area contributed by atoms with Crippen LogP contribution >= 0.6 is 12.6 Å². The normalized spacial score (nSPS) is 10.8. The molecule has 0 nitrogen and oxygen atoms in total. The Labute approximate surface area is 125 Å². The first-order valence-corrected chi connectivity index (χ1v) is 8.49. The Bertz CT molecular complexity index is 302. The first kappa shape index (κ1) is 16.5. The number of benzene rings is 1. The van der Waals surface area contributed by atoms with Crippen molar-refractivity contribution in [2.24, 2.45) is 0 Å². The maximum absolute atomic E-state index is 5.09. The van der Waals surface area contributed by atoms with Gasteiger partial charge in [-0.15, -0.1) is 0 Å². The Kier molecular flexibility index (Phi) is 9.79. The summed E-state index contributed by atoms with van der Waals surface area (Å²) in [5.74, 6) is 0. The van der Waals surface area contributed by atoms with Gasteiger partial charge in [-0.05, 0) is 30.5 Å². The summed E-state index contributed by atoms with van der Waals surface area (Å²) in [7, 11) is 0. The lowest BCUT2D eigenvalue weighted by Crippen LogP contribution is -1.86. The molecular weight excluding hydrogens is 248 g/mol. The molecular formula is C18H29S. The summed E-state index contributed by atoms with van der Waals surface area (Å²) in [6.45, 7) is 2.28. The third kappa shape index (κ3) is 9.04. The monoisotopic (exact) mass is 277 g/mol. The molecule has 1 heteroatoms. The molecule has 0 bridgehead atoms. The zero-order chi connectivity index (χ0) is 13.8. The van der Waals surface area contributed by atoms with Crippen molar-refractivity contribution in [1.82, 2.24) is 0 Å². The summed E-state index contributed by atoms with van der Waals surface area (Å²) >= 11 is 5.09. The highest BCUT2D eigenvalue weighted by Crippen LogP contribution is 2.13. The van der Waals surface area contributed by atoms with E-state index in [9.17, 15) is 0 Å². The van der Waals surface area contributed by atoms with Crippen molar-refractivity contribution in [3.63, 3.8) is 0 Å². The van der Waals surface area contributed by atoms with Crippen LogP contribution in [0, 0.1) is 0 Å². The average Bonchev–Trinajstić information content (AvgIpc) is 2.43. The molecule has 1 aromatic carbocycles. The molecule has 0 aliphatic carbocycles. The van der Waals surface area contributed by atoms with Crippen LogP contribution in [0.5, 0.6) is 0 Å². The molecule has 0 saturated carbocycles. The van der Waals surface area contributed by atoms with Gasteiger partial charge in [0.15, 0.2) is 0 Å². The van der Waals surface area contributed by atoms with Gasteiger partial charge in [-0.2, -0.15) is 0 Å². The predicted molar refractivity (Wildman–Crippen MR) is 87.8 cm³/mol. The lowest BCUT2D eigenvalue weighted by atomic mass is 10.0. The van der Waals surface area contributed by atoms with Crippen LogP contribution in [0.15, 0.2) is 29.2 Å². The van der Waals surface area contributed by atoms with Gasteiger partial charge in [-0.1, -0.05) is 89.5 Å². The minimum Gasteiger partial charge on any atom is -0.0801 e. The number of rotatable bonds is 11. The van der Waals surface area contributed by atoms with E-state index < -0.39 is 0 Å². The number of unbranched alkanes of at least 4 members (excludes halogenated alkanes) is 9. The van der Waals surface area contributed by atoms with Gasteiger partial charge in [0.25, 0.3) is 0 Å².